The number of benzene rings is 2. The highest BCUT2D eigenvalue weighted by atomic mass is 32.2. The number of imidazole rings is 1. The van der Waals surface area contributed by atoms with Crippen LogP contribution in [-0.2, 0) is 30.7 Å². The van der Waals surface area contributed by atoms with Crippen LogP contribution < -0.4 is 5.69 Å². The Morgan fingerprint density at radius 1 is 0.906 bits per heavy atom. The van der Waals surface area contributed by atoms with Gasteiger partial charge in [-0.05, 0) is 29.8 Å². The summed E-state index contributed by atoms with van der Waals surface area (Å²) in [6, 6.07) is 15.0. The molecule has 32 heavy (non-hydrogen) atoms. The average Bonchev–Trinajstić information content (AvgIpc) is 3.03. The van der Waals surface area contributed by atoms with Crippen LogP contribution in [0.25, 0.3) is 21.9 Å². The lowest BCUT2D eigenvalue weighted by molar-refractivity contribution is 0.182. The Bertz CT molecular complexity index is 1480. The van der Waals surface area contributed by atoms with Crippen molar-refractivity contribution in [2.45, 2.75) is 11.4 Å². The van der Waals surface area contributed by atoms with Crippen molar-refractivity contribution in [1.29, 1.82) is 0 Å². The fourth-order valence-corrected chi connectivity index (χ4v) is 5.90. The first-order valence-corrected chi connectivity index (χ1v) is 12.0. The van der Waals surface area contributed by atoms with E-state index in [1.54, 1.807) is 38.5 Å². The minimum absolute atomic E-state index is 0.175. The van der Waals surface area contributed by atoms with Gasteiger partial charge in [-0.15, -0.1) is 0 Å². The number of fused-ring (bicyclic) bond motifs is 2. The molecule has 0 aliphatic carbocycles. The van der Waals surface area contributed by atoms with E-state index in [1.165, 1.54) is 13.4 Å². The predicted molar refractivity (Wildman–Crippen MR) is 124 cm³/mol. The van der Waals surface area contributed by atoms with E-state index in [1.807, 2.05) is 12.1 Å². The molecule has 0 atom stereocenters. The first-order valence-electron chi connectivity index (χ1n) is 10.6. The second kappa shape index (κ2) is 7.84. The molecule has 1 aliphatic rings. The highest BCUT2D eigenvalue weighted by molar-refractivity contribution is 7.89. The summed E-state index contributed by atoms with van der Waals surface area (Å²) in [5.41, 5.74) is 3.29. The number of hydrogen-bond acceptors (Lipinski definition) is 5. The maximum Gasteiger partial charge on any atom is 0.328 e. The van der Waals surface area contributed by atoms with Crippen molar-refractivity contribution >= 4 is 32.0 Å². The van der Waals surface area contributed by atoms with Crippen LogP contribution in [0.15, 0.2) is 64.4 Å². The largest absolute Gasteiger partial charge is 0.328 e. The highest BCUT2D eigenvalue weighted by Gasteiger charge is 2.29. The van der Waals surface area contributed by atoms with E-state index in [9.17, 15) is 13.2 Å². The van der Waals surface area contributed by atoms with E-state index in [4.69, 9.17) is 0 Å². The summed E-state index contributed by atoms with van der Waals surface area (Å²) in [6.45, 7) is 2.88. The number of pyridine rings is 1. The third-order valence-corrected chi connectivity index (χ3v) is 8.22. The van der Waals surface area contributed by atoms with Crippen LogP contribution in [0, 0.1) is 0 Å². The summed E-state index contributed by atoms with van der Waals surface area (Å²) in [7, 11) is -0.296. The van der Waals surface area contributed by atoms with E-state index in [0.29, 0.717) is 37.2 Å². The molecule has 0 N–H and O–H groups in total. The van der Waals surface area contributed by atoms with E-state index >= 15 is 0 Å². The summed E-state index contributed by atoms with van der Waals surface area (Å²) in [4.78, 5) is 19.2. The molecule has 1 saturated heterocycles. The number of aromatic nitrogens is 3. The van der Waals surface area contributed by atoms with Crippen molar-refractivity contribution < 1.29 is 8.42 Å². The maximum absolute atomic E-state index is 13.3. The molecule has 0 bridgehead atoms. The Morgan fingerprint density at radius 3 is 2.41 bits per heavy atom. The monoisotopic (exact) mass is 451 g/mol. The number of sulfonamides is 1. The molecule has 1 aliphatic heterocycles. The minimum Gasteiger partial charge on any atom is -0.296 e. The molecule has 2 aromatic heterocycles. The Hall–Kier alpha value is -3.01. The van der Waals surface area contributed by atoms with Crippen LogP contribution in [-0.4, -0.2) is 57.9 Å². The van der Waals surface area contributed by atoms with Gasteiger partial charge in [-0.1, -0.05) is 24.3 Å². The lowest BCUT2D eigenvalue weighted by Gasteiger charge is -2.34. The van der Waals surface area contributed by atoms with Crippen molar-refractivity contribution in [3.05, 3.63) is 70.8 Å². The van der Waals surface area contributed by atoms with Crippen LogP contribution in [0.5, 0.6) is 0 Å². The Labute approximate surface area is 186 Å². The van der Waals surface area contributed by atoms with Gasteiger partial charge in [0.25, 0.3) is 0 Å². The second-order valence-electron chi connectivity index (χ2n) is 8.22. The lowest BCUT2D eigenvalue weighted by atomic mass is 10.1. The predicted octanol–water partition coefficient (Wildman–Crippen LogP) is 1.93. The highest BCUT2D eigenvalue weighted by Crippen LogP contribution is 2.23. The number of hydrogen-bond donors (Lipinski definition) is 0. The van der Waals surface area contributed by atoms with Crippen molar-refractivity contribution in [3.63, 3.8) is 0 Å². The van der Waals surface area contributed by atoms with Gasteiger partial charge in [-0.2, -0.15) is 4.31 Å². The average molecular weight is 452 g/mol. The second-order valence-corrected chi connectivity index (χ2v) is 10.2. The Morgan fingerprint density at radius 2 is 1.62 bits per heavy atom. The molecule has 0 amide bonds. The number of piperazine rings is 1. The molecule has 5 rings (SSSR count). The molecule has 2 aromatic carbocycles. The topological polar surface area (TPSA) is 80.4 Å². The molecule has 9 heteroatoms. The maximum atomic E-state index is 13.3. The van der Waals surface area contributed by atoms with Crippen molar-refractivity contribution in [2.75, 3.05) is 26.2 Å². The molecule has 0 spiro atoms. The zero-order chi connectivity index (χ0) is 22.5. The normalized spacial score (nSPS) is 16.2. The summed E-state index contributed by atoms with van der Waals surface area (Å²) >= 11 is 0. The quantitative estimate of drug-likeness (QED) is 0.474. The van der Waals surface area contributed by atoms with Crippen molar-refractivity contribution in [2.24, 2.45) is 14.1 Å². The SMILES string of the molecule is Cn1c(=O)n(C)c2cc(S(=O)(=O)N3CCN(Cc4cccc5cccnc45)CC3)ccc21. The third-order valence-electron chi connectivity index (χ3n) is 6.32. The van der Waals surface area contributed by atoms with Crippen LogP contribution in [0.4, 0.5) is 0 Å². The molecule has 4 aromatic rings. The molecule has 0 radical (unpaired) electrons. The van der Waals surface area contributed by atoms with E-state index in [0.717, 1.165) is 23.0 Å². The molecule has 0 saturated carbocycles. The Kier molecular flexibility index (Phi) is 5.11. The van der Waals surface area contributed by atoms with Gasteiger partial charge >= 0.3 is 5.69 Å². The van der Waals surface area contributed by atoms with Gasteiger partial charge in [0.2, 0.25) is 10.0 Å². The van der Waals surface area contributed by atoms with Crippen LogP contribution in [0.2, 0.25) is 0 Å². The van der Waals surface area contributed by atoms with Gasteiger partial charge in [0.15, 0.2) is 0 Å². The summed E-state index contributed by atoms with van der Waals surface area (Å²) in [5, 5.41) is 1.11. The fourth-order valence-electron chi connectivity index (χ4n) is 4.46. The summed E-state index contributed by atoms with van der Waals surface area (Å²) in [6.07, 6.45) is 1.80. The molecule has 0 unspecified atom stereocenters. The molecule has 1 fully saturated rings. The first kappa shape index (κ1) is 20.9. The lowest BCUT2D eigenvalue weighted by Crippen LogP contribution is -2.48. The van der Waals surface area contributed by atoms with Gasteiger partial charge in [-0.3, -0.25) is 19.0 Å². The van der Waals surface area contributed by atoms with Gasteiger partial charge < -0.3 is 0 Å². The number of nitrogens with zero attached hydrogens (tertiary/aromatic N) is 5. The van der Waals surface area contributed by atoms with E-state index in [2.05, 4.69) is 28.1 Å². The summed E-state index contributed by atoms with van der Waals surface area (Å²) < 4.78 is 31.1. The molecule has 8 nitrogen and oxygen atoms in total. The molecular weight excluding hydrogens is 426 g/mol. The summed E-state index contributed by atoms with van der Waals surface area (Å²) in [5.74, 6) is 0. The van der Waals surface area contributed by atoms with Gasteiger partial charge in [0.05, 0.1) is 21.4 Å². The van der Waals surface area contributed by atoms with Crippen molar-refractivity contribution in [1.82, 2.24) is 23.3 Å². The molecule has 166 valence electrons. The van der Waals surface area contributed by atoms with Crippen molar-refractivity contribution in [3.8, 4) is 0 Å². The molecule has 3 heterocycles. The fraction of sp³-hybridized carbons (Fsp3) is 0.304. The zero-order valence-corrected chi connectivity index (χ0v) is 18.9. The standard InChI is InChI=1S/C23H25N5O3S/c1-25-20-9-8-19(15-21(20)26(2)23(25)29)32(30,31)28-13-11-27(12-14-28)16-18-6-3-5-17-7-4-10-24-22(17)18/h3-10,15H,11-14,16H2,1-2H3. The first-order chi connectivity index (χ1) is 15.4. The van der Waals surface area contributed by atoms with Crippen LogP contribution in [0.3, 0.4) is 0 Å². The smallest absolute Gasteiger partial charge is 0.296 e. The number of para-hydroxylation sites is 1. The third kappa shape index (κ3) is 3.42. The Balaban J connectivity index is 1.34. The zero-order valence-electron chi connectivity index (χ0n) is 18.1. The van der Waals surface area contributed by atoms with Gasteiger partial charge in [-0.25, -0.2) is 13.2 Å². The van der Waals surface area contributed by atoms with Gasteiger partial charge in [0.1, 0.15) is 0 Å². The van der Waals surface area contributed by atoms with E-state index < -0.39 is 10.0 Å². The molecular formula is C23H25N5O3S. The number of aryl methyl sites for hydroxylation is 2. The number of rotatable bonds is 4. The van der Waals surface area contributed by atoms with Gasteiger partial charge in [0, 0.05) is 58.4 Å². The van der Waals surface area contributed by atoms with Crippen LogP contribution >= 0.6 is 0 Å². The van der Waals surface area contributed by atoms with Crippen LogP contribution in [0.1, 0.15) is 5.56 Å². The van der Waals surface area contributed by atoms with E-state index in [-0.39, 0.29) is 10.6 Å². The minimum atomic E-state index is -3.64.